The standard InChI is InChI=1S/C47H33N3/c1-2-11-36-34(9-1)35-10-3-4-12-37(35)43-29-33(19-22-38(36)43)50-45-16-8-6-14-40(45)42-21-18-31(28-47(42)50)30-17-20-41-39-13-5-7-15-44(39)49(46(41)27-30)32-23-25-48-26-24-32/h1-3,5-6,8-11,13-14,16-29H,4,7,12,15H2. The minimum absolute atomic E-state index is 1.03. The van der Waals surface area contributed by atoms with Crippen molar-refractivity contribution >= 4 is 66.4 Å². The number of aryl methyl sites for hydroxylation is 1. The third-order valence-electron chi connectivity index (χ3n) is 11.1. The Balaban J connectivity index is 1.15. The molecular weight excluding hydrogens is 607 g/mol. The molecule has 3 aromatic heterocycles. The molecule has 0 amide bonds. The second kappa shape index (κ2) is 10.7. The number of nitrogens with zero attached hydrogens (tertiary/aromatic N) is 3. The van der Waals surface area contributed by atoms with Crippen LogP contribution in [0.5, 0.6) is 0 Å². The summed E-state index contributed by atoms with van der Waals surface area (Å²) in [4.78, 5) is 4.31. The Bertz CT molecular complexity index is 2920. The van der Waals surface area contributed by atoms with Crippen LogP contribution in [0.4, 0.5) is 0 Å². The Morgan fingerprint density at radius 3 is 1.92 bits per heavy atom. The van der Waals surface area contributed by atoms with Crippen molar-refractivity contribution in [3.05, 3.63) is 162 Å². The average Bonchev–Trinajstić information content (AvgIpc) is 3.70. The maximum Gasteiger partial charge on any atom is 0.0547 e. The van der Waals surface area contributed by atoms with Crippen molar-refractivity contribution < 1.29 is 0 Å². The van der Waals surface area contributed by atoms with E-state index in [0.717, 1.165) is 31.4 Å². The third kappa shape index (κ3) is 3.95. The zero-order valence-corrected chi connectivity index (χ0v) is 27.6. The predicted molar refractivity (Wildman–Crippen MR) is 211 cm³/mol. The van der Waals surface area contributed by atoms with Crippen molar-refractivity contribution in [2.24, 2.45) is 0 Å². The first-order valence-electron chi connectivity index (χ1n) is 17.7. The molecule has 0 N–H and O–H groups in total. The summed E-state index contributed by atoms with van der Waals surface area (Å²) in [6.45, 7) is 0. The van der Waals surface area contributed by atoms with Gasteiger partial charge in [-0.1, -0.05) is 97.1 Å². The van der Waals surface area contributed by atoms with Crippen LogP contribution in [-0.4, -0.2) is 14.1 Å². The number of pyridine rings is 1. The first kappa shape index (κ1) is 27.7. The van der Waals surface area contributed by atoms with E-state index in [1.807, 2.05) is 12.4 Å². The van der Waals surface area contributed by atoms with Crippen LogP contribution in [-0.2, 0) is 12.8 Å². The van der Waals surface area contributed by atoms with Gasteiger partial charge in [0, 0.05) is 51.2 Å². The van der Waals surface area contributed by atoms with E-state index in [2.05, 4.69) is 154 Å². The lowest BCUT2D eigenvalue weighted by atomic mass is 9.86. The van der Waals surface area contributed by atoms with Crippen LogP contribution in [0.3, 0.4) is 0 Å². The summed E-state index contributed by atoms with van der Waals surface area (Å²) in [6.07, 6.45) is 17.3. The molecule has 3 heteroatoms. The first-order valence-corrected chi connectivity index (χ1v) is 17.7. The molecule has 3 nitrogen and oxygen atoms in total. The maximum absolute atomic E-state index is 4.31. The highest BCUT2D eigenvalue weighted by atomic mass is 15.0. The highest BCUT2D eigenvalue weighted by Gasteiger charge is 2.21. The number of fused-ring (bicyclic) bond motifs is 12. The van der Waals surface area contributed by atoms with Gasteiger partial charge < -0.3 is 9.13 Å². The molecule has 50 heavy (non-hydrogen) atoms. The van der Waals surface area contributed by atoms with Crippen LogP contribution in [0.15, 0.2) is 140 Å². The molecule has 0 saturated carbocycles. The lowest BCUT2D eigenvalue weighted by Crippen LogP contribution is -2.02. The highest BCUT2D eigenvalue weighted by Crippen LogP contribution is 2.41. The lowest BCUT2D eigenvalue weighted by Gasteiger charge is -2.19. The van der Waals surface area contributed by atoms with Crippen molar-refractivity contribution in [2.75, 3.05) is 0 Å². The maximum atomic E-state index is 4.31. The Labute approximate surface area is 290 Å². The van der Waals surface area contributed by atoms with Crippen molar-refractivity contribution in [2.45, 2.75) is 25.7 Å². The van der Waals surface area contributed by atoms with Gasteiger partial charge in [0.2, 0.25) is 0 Å². The molecule has 0 unspecified atom stereocenters. The van der Waals surface area contributed by atoms with E-state index in [9.17, 15) is 0 Å². The molecule has 2 aliphatic rings. The molecule has 2 aliphatic carbocycles. The topological polar surface area (TPSA) is 22.8 Å². The first-order chi connectivity index (χ1) is 24.8. The van der Waals surface area contributed by atoms with E-state index in [1.165, 1.54) is 93.5 Å². The van der Waals surface area contributed by atoms with E-state index >= 15 is 0 Å². The minimum atomic E-state index is 1.03. The molecular formula is C47H33N3. The van der Waals surface area contributed by atoms with Crippen LogP contribution in [0, 0.1) is 0 Å². The molecule has 0 atom stereocenters. The van der Waals surface area contributed by atoms with E-state index in [1.54, 1.807) is 0 Å². The van der Waals surface area contributed by atoms with Crippen LogP contribution in [0.25, 0.3) is 88.9 Å². The van der Waals surface area contributed by atoms with Crippen molar-refractivity contribution in [3.8, 4) is 22.5 Å². The molecule has 0 saturated heterocycles. The number of para-hydroxylation sites is 1. The van der Waals surface area contributed by atoms with Gasteiger partial charge in [-0.3, -0.25) is 4.98 Å². The van der Waals surface area contributed by atoms with Crippen LogP contribution < -0.4 is 0 Å². The van der Waals surface area contributed by atoms with Crippen molar-refractivity contribution in [1.82, 2.24) is 14.1 Å². The van der Waals surface area contributed by atoms with Gasteiger partial charge in [-0.25, -0.2) is 0 Å². The average molecular weight is 640 g/mol. The lowest BCUT2D eigenvalue weighted by molar-refractivity contribution is 0.887. The Kier molecular flexibility index (Phi) is 5.91. The van der Waals surface area contributed by atoms with Crippen molar-refractivity contribution in [1.29, 1.82) is 0 Å². The second-order valence-corrected chi connectivity index (χ2v) is 13.8. The van der Waals surface area contributed by atoms with E-state index in [0.29, 0.717) is 0 Å². The molecule has 0 spiro atoms. The van der Waals surface area contributed by atoms with Gasteiger partial charge in [0.05, 0.1) is 16.6 Å². The molecule has 0 fully saturated rings. The third-order valence-corrected chi connectivity index (χ3v) is 11.1. The fourth-order valence-electron chi connectivity index (χ4n) is 8.92. The molecule has 0 aliphatic heterocycles. The highest BCUT2D eigenvalue weighted by molar-refractivity contribution is 6.14. The molecule has 6 aromatic carbocycles. The SMILES string of the molecule is C1=Cc2c(c3cc(-n4c5ccccc5c5ccc(-c6ccc7c8c(n(-c9ccncc9)c7c6)CCC=C8)cc54)ccc3c3ccccc23)CC1. The van der Waals surface area contributed by atoms with E-state index in [4.69, 9.17) is 0 Å². The van der Waals surface area contributed by atoms with Crippen LogP contribution >= 0.6 is 0 Å². The number of benzene rings is 6. The quantitative estimate of drug-likeness (QED) is 0.176. The van der Waals surface area contributed by atoms with Gasteiger partial charge in [-0.15, -0.1) is 0 Å². The summed E-state index contributed by atoms with van der Waals surface area (Å²) in [5.74, 6) is 0. The van der Waals surface area contributed by atoms with Gasteiger partial charge in [-0.05, 0) is 112 Å². The van der Waals surface area contributed by atoms with Crippen LogP contribution in [0.2, 0.25) is 0 Å². The Morgan fingerprint density at radius 2 is 1.08 bits per heavy atom. The zero-order valence-electron chi connectivity index (χ0n) is 27.6. The van der Waals surface area contributed by atoms with Gasteiger partial charge in [0.1, 0.15) is 0 Å². The summed E-state index contributed by atoms with van der Waals surface area (Å²) in [5, 5.41) is 9.23. The van der Waals surface area contributed by atoms with Gasteiger partial charge in [0.25, 0.3) is 0 Å². The predicted octanol–water partition coefficient (Wildman–Crippen LogP) is 12.0. The Morgan fingerprint density at radius 1 is 0.440 bits per heavy atom. The monoisotopic (exact) mass is 639 g/mol. The smallest absolute Gasteiger partial charge is 0.0547 e. The van der Waals surface area contributed by atoms with Gasteiger partial charge in [-0.2, -0.15) is 0 Å². The molecule has 11 rings (SSSR count). The molecule has 236 valence electrons. The fourth-order valence-corrected chi connectivity index (χ4v) is 8.92. The number of allylic oxidation sites excluding steroid dienone is 2. The minimum Gasteiger partial charge on any atom is -0.313 e. The fraction of sp³-hybridized carbons (Fsp3) is 0.0851. The van der Waals surface area contributed by atoms with Gasteiger partial charge >= 0.3 is 0 Å². The summed E-state index contributed by atoms with van der Waals surface area (Å²) < 4.78 is 4.93. The summed E-state index contributed by atoms with van der Waals surface area (Å²) in [7, 11) is 0. The van der Waals surface area contributed by atoms with E-state index in [-0.39, 0.29) is 0 Å². The summed E-state index contributed by atoms with van der Waals surface area (Å²) in [5.41, 5.74) is 14.1. The molecule has 0 radical (unpaired) electrons. The van der Waals surface area contributed by atoms with Crippen molar-refractivity contribution in [3.63, 3.8) is 0 Å². The molecule has 9 aromatic rings. The largest absolute Gasteiger partial charge is 0.313 e. The number of hydrogen-bond donors (Lipinski definition) is 0. The Hall–Kier alpha value is -6.19. The zero-order chi connectivity index (χ0) is 32.8. The normalized spacial score (nSPS) is 13.9. The number of aromatic nitrogens is 3. The molecule has 3 heterocycles. The summed E-state index contributed by atoms with van der Waals surface area (Å²) >= 11 is 0. The van der Waals surface area contributed by atoms with Crippen LogP contribution in [0.1, 0.15) is 35.2 Å². The number of hydrogen-bond acceptors (Lipinski definition) is 1. The van der Waals surface area contributed by atoms with Gasteiger partial charge in [0.15, 0.2) is 0 Å². The second-order valence-electron chi connectivity index (χ2n) is 13.8. The molecule has 0 bridgehead atoms. The van der Waals surface area contributed by atoms with E-state index < -0.39 is 0 Å². The summed E-state index contributed by atoms with van der Waals surface area (Å²) in [6, 6.07) is 43.2. The number of rotatable bonds is 3.